The number of benzene rings is 2. The minimum Gasteiger partial charge on any atom is -0.474 e. The standard InChI is InChI=1S/C24H20Cl4N2O5S/c1-22-11-23(22,21(33)34-12-24(26,27)28)30-19(32)16(20(30)36-22)29-18(31)17(13-7-3-2-4-8-13)35-15-10-6-5-9-14(15)25/h2-10,16-17,20H,11-12H2,1H3,(H,29,31)/t16?,17?,20-,22?,23?/m0/s1. The fraction of sp³-hybridized carbons (Fsp3) is 0.375. The number of halogens is 4. The van der Waals surface area contributed by atoms with Crippen molar-refractivity contribution in [2.75, 3.05) is 6.61 Å². The highest BCUT2D eigenvalue weighted by molar-refractivity contribution is 8.02. The van der Waals surface area contributed by atoms with Gasteiger partial charge in [0, 0.05) is 12.0 Å². The van der Waals surface area contributed by atoms with Crippen molar-refractivity contribution < 1.29 is 23.9 Å². The molecule has 36 heavy (non-hydrogen) atoms. The average Bonchev–Trinajstić information content (AvgIpc) is 3.37. The van der Waals surface area contributed by atoms with Crippen molar-refractivity contribution in [3.63, 3.8) is 0 Å². The van der Waals surface area contributed by atoms with Crippen molar-refractivity contribution in [3.8, 4) is 5.75 Å². The summed E-state index contributed by atoms with van der Waals surface area (Å²) in [4.78, 5) is 41.0. The van der Waals surface area contributed by atoms with Crippen LogP contribution in [0.5, 0.6) is 5.75 Å². The fourth-order valence-electron chi connectivity index (χ4n) is 4.76. The first-order valence-electron chi connectivity index (χ1n) is 11.0. The topological polar surface area (TPSA) is 84.9 Å². The number of β-lactam (4-membered cyclic amide) rings is 1. The van der Waals surface area contributed by atoms with Crippen LogP contribution in [-0.4, -0.2) is 54.8 Å². The molecule has 2 heterocycles. The number of hydrogen-bond donors (Lipinski definition) is 1. The van der Waals surface area contributed by atoms with E-state index in [2.05, 4.69) is 5.32 Å². The van der Waals surface area contributed by atoms with Gasteiger partial charge in [0.05, 0.1) is 9.77 Å². The van der Waals surface area contributed by atoms with Gasteiger partial charge in [0.1, 0.15) is 23.8 Å². The molecule has 2 amide bonds. The maximum atomic E-state index is 13.4. The molecule has 5 atom stereocenters. The summed E-state index contributed by atoms with van der Waals surface area (Å²) in [6.45, 7) is 1.45. The smallest absolute Gasteiger partial charge is 0.333 e. The monoisotopic (exact) mass is 588 g/mol. The van der Waals surface area contributed by atoms with Gasteiger partial charge in [-0.15, -0.1) is 11.8 Å². The molecule has 7 nitrogen and oxygen atoms in total. The van der Waals surface area contributed by atoms with Crippen LogP contribution in [-0.2, 0) is 19.1 Å². The van der Waals surface area contributed by atoms with E-state index in [0.717, 1.165) is 0 Å². The molecule has 1 saturated carbocycles. The Morgan fingerprint density at radius 2 is 1.83 bits per heavy atom. The van der Waals surface area contributed by atoms with Crippen LogP contribution in [0.1, 0.15) is 25.0 Å². The Kier molecular flexibility index (Phi) is 6.57. The van der Waals surface area contributed by atoms with E-state index in [4.69, 9.17) is 55.9 Å². The maximum absolute atomic E-state index is 13.4. The van der Waals surface area contributed by atoms with Crippen LogP contribution in [0.25, 0.3) is 0 Å². The Morgan fingerprint density at radius 1 is 1.17 bits per heavy atom. The molecule has 5 rings (SSSR count). The average molecular weight is 590 g/mol. The number of carbonyl (C=O) groups is 3. The van der Waals surface area contributed by atoms with Gasteiger partial charge in [-0.25, -0.2) is 4.79 Å². The van der Waals surface area contributed by atoms with E-state index in [9.17, 15) is 14.4 Å². The molecule has 2 aromatic carbocycles. The number of para-hydroxylation sites is 1. The molecule has 0 spiro atoms. The summed E-state index contributed by atoms with van der Waals surface area (Å²) in [5.41, 5.74) is -0.539. The number of nitrogens with one attached hydrogen (secondary N) is 1. The molecule has 12 heteroatoms. The molecule has 2 aromatic rings. The van der Waals surface area contributed by atoms with E-state index in [1.165, 1.54) is 16.7 Å². The summed E-state index contributed by atoms with van der Waals surface area (Å²) < 4.78 is 8.91. The van der Waals surface area contributed by atoms with Crippen molar-refractivity contribution in [2.45, 2.75) is 44.9 Å². The number of fused-ring (bicyclic) bond motifs is 3. The Hall–Kier alpha value is -1.84. The Balaban J connectivity index is 1.32. The third-order valence-corrected chi connectivity index (χ3v) is 8.97. The second-order valence-corrected chi connectivity index (χ2v) is 13.5. The lowest BCUT2D eigenvalue weighted by atomic mass is 9.99. The number of ether oxygens (including phenoxy) is 2. The summed E-state index contributed by atoms with van der Waals surface area (Å²) in [6.07, 6.45) is -0.623. The highest BCUT2D eigenvalue weighted by atomic mass is 35.6. The van der Waals surface area contributed by atoms with Crippen LogP contribution < -0.4 is 10.1 Å². The second-order valence-electron chi connectivity index (χ2n) is 9.00. The van der Waals surface area contributed by atoms with E-state index >= 15 is 0 Å². The molecule has 3 fully saturated rings. The van der Waals surface area contributed by atoms with Crippen LogP contribution in [0.3, 0.4) is 0 Å². The first-order chi connectivity index (χ1) is 17.0. The van der Waals surface area contributed by atoms with E-state index in [1.54, 1.807) is 48.5 Å². The molecule has 4 unspecified atom stereocenters. The van der Waals surface area contributed by atoms with Gasteiger partial charge < -0.3 is 19.7 Å². The van der Waals surface area contributed by atoms with E-state index in [1.807, 2.05) is 13.0 Å². The van der Waals surface area contributed by atoms with Crippen LogP contribution in [0.15, 0.2) is 54.6 Å². The Bertz CT molecular complexity index is 1230. The molecular weight excluding hydrogens is 570 g/mol. The minimum atomic E-state index is -1.76. The van der Waals surface area contributed by atoms with Crippen LogP contribution >= 0.6 is 58.2 Å². The molecule has 2 aliphatic heterocycles. The van der Waals surface area contributed by atoms with Gasteiger partial charge in [0.25, 0.3) is 5.91 Å². The minimum absolute atomic E-state index is 0.337. The Labute approximate surface area is 231 Å². The lowest BCUT2D eigenvalue weighted by Gasteiger charge is -2.46. The number of nitrogens with zero attached hydrogens (tertiary/aromatic N) is 1. The van der Waals surface area contributed by atoms with Crippen LogP contribution in [0.4, 0.5) is 0 Å². The van der Waals surface area contributed by atoms with E-state index in [0.29, 0.717) is 22.8 Å². The fourth-order valence-corrected chi connectivity index (χ4v) is 7.02. The third kappa shape index (κ3) is 4.31. The SMILES string of the molecule is CC12CC1(C(=O)OCC(Cl)(Cl)Cl)N1C(=O)C(NC(=O)C(Oc3ccccc3Cl)c3ccccc3)[C@@H]1S2. The molecule has 0 radical (unpaired) electrons. The van der Waals surface area contributed by atoms with Crippen molar-refractivity contribution >= 4 is 75.9 Å². The number of carbonyl (C=O) groups excluding carboxylic acids is 3. The Morgan fingerprint density at radius 3 is 2.50 bits per heavy atom. The van der Waals surface area contributed by atoms with Gasteiger partial charge in [-0.05, 0) is 19.1 Å². The summed E-state index contributed by atoms with van der Waals surface area (Å²) in [6, 6.07) is 14.9. The zero-order chi connectivity index (χ0) is 25.9. The molecule has 0 aromatic heterocycles. The number of hydrogen-bond acceptors (Lipinski definition) is 6. The predicted molar refractivity (Wildman–Crippen MR) is 138 cm³/mol. The maximum Gasteiger partial charge on any atom is 0.333 e. The molecule has 3 aliphatic rings. The van der Waals surface area contributed by atoms with Gasteiger partial charge in [0.2, 0.25) is 15.8 Å². The quantitative estimate of drug-likeness (QED) is 0.287. The second kappa shape index (κ2) is 9.17. The largest absolute Gasteiger partial charge is 0.474 e. The zero-order valence-corrected chi connectivity index (χ0v) is 22.6. The molecule has 1 N–H and O–H groups in total. The van der Waals surface area contributed by atoms with Crippen molar-refractivity contribution in [1.82, 2.24) is 10.2 Å². The molecular formula is C24H20Cl4N2O5S. The number of alkyl halides is 3. The first-order valence-corrected chi connectivity index (χ1v) is 13.4. The summed E-state index contributed by atoms with van der Waals surface area (Å²) in [7, 11) is 0. The van der Waals surface area contributed by atoms with Crippen LogP contribution in [0, 0.1) is 0 Å². The van der Waals surface area contributed by atoms with Gasteiger partial charge in [-0.2, -0.15) is 0 Å². The van der Waals surface area contributed by atoms with E-state index < -0.39 is 50.1 Å². The lowest BCUT2D eigenvalue weighted by molar-refractivity contribution is -0.167. The van der Waals surface area contributed by atoms with Gasteiger partial charge in [-0.1, -0.05) is 88.9 Å². The lowest BCUT2D eigenvalue weighted by Crippen LogP contribution is -2.72. The van der Waals surface area contributed by atoms with Gasteiger partial charge >= 0.3 is 5.97 Å². The summed E-state index contributed by atoms with van der Waals surface area (Å²) in [5.74, 6) is -1.16. The molecule has 190 valence electrons. The summed E-state index contributed by atoms with van der Waals surface area (Å²) >= 11 is 24.8. The molecule has 0 bridgehead atoms. The highest BCUT2D eigenvalue weighted by Gasteiger charge is 2.85. The molecule has 2 saturated heterocycles. The van der Waals surface area contributed by atoms with E-state index in [-0.39, 0.29) is 5.91 Å². The van der Waals surface area contributed by atoms with Crippen molar-refractivity contribution in [3.05, 3.63) is 65.2 Å². The third-order valence-electron chi connectivity index (χ3n) is 6.60. The van der Waals surface area contributed by atoms with Gasteiger partial charge in [-0.3, -0.25) is 9.59 Å². The van der Waals surface area contributed by atoms with Gasteiger partial charge in [0.15, 0.2) is 5.54 Å². The normalized spacial score (nSPS) is 28.9. The summed E-state index contributed by atoms with van der Waals surface area (Å²) in [5, 5.41) is 2.73. The number of esters is 1. The molecule has 1 aliphatic carbocycles. The highest BCUT2D eigenvalue weighted by Crippen LogP contribution is 2.72. The predicted octanol–water partition coefficient (Wildman–Crippen LogP) is 4.67. The number of rotatable bonds is 7. The zero-order valence-electron chi connectivity index (χ0n) is 18.8. The number of thioether (sulfide) groups is 1. The van der Waals surface area contributed by atoms with Crippen LogP contribution in [0.2, 0.25) is 5.02 Å². The van der Waals surface area contributed by atoms with Crippen molar-refractivity contribution in [1.29, 1.82) is 0 Å². The number of amides is 2. The first kappa shape index (κ1) is 25.8. The van der Waals surface area contributed by atoms with Crippen molar-refractivity contribution in [2.24, 2.45) is 0 Å².